The molecule has 0 aliphatic carbocycles. The maximum atomic E-state index is 13.8. The van der Waals surface area contributed by atoms with Gasteiger partial charge in [0.2, 0.25) is 0 Å². The van der Waals surface area contributed by atoms with Crippen molar-refractivity contribution in [2.24, 2.45) is 0 Å². The Morgan fingerprint density at radius 2 is 1.93 bits per heavy atom. The van der Waals surface area contributed by atoms with Gasteiger partial charge in [0, 0.05) is 10.9 Å². The van der Waals surface area contributed by atoms with E-state index in [1.54, 1.807) is 6.07 Å². The molecule has 1 amide bonds. The monoisotopic (exact) mass is 386 g/mol. The zero-order chi connectivity index (χ0) is 19.2. The van der Waals surface area contributed by atoms with E-state index in [-0.39, 0.29) is 5.56 Å². The van der Waals surface area contributed by atoms with Gasteiger partial charge in [-0.05, 0) is 44.2 Å². The van der Waals surface area contributed by atoms with E-state index in [1.807, 2.05) is 37.4 Å². The summed E-state index contributed by atoms with van der Waals surface area (Å²) in [7, 11) is 0. The minimum absolute atomic E-state index is 0.0254. The second-order valence-electron chi connectivity index (χ2n) is 5.50. The third-order valence-electron chi connectivity index (χ3n) is 3.68. The van der Waals surface area contributed by atoms with Gasteiger partial charge in [0.25, 0.3) is 5.91 Å². The van der Waals surface area contributed by atoms with Crippen LogP contribution in [0.3, 0.4) is 0 Å². The van der Waals surface area contributed by atoms with E-state index in [1.165, 1.54) is 29.5 Å². The first-order chi connectivity index (χ1) is 13.1. The number of aromatic nitrogens is 1. The van der Waals surface area contributed by atoms with Gasteiger partial charge in [-0.1, -0.05) is 12.1 Å². The molecule has 27 heavy (non-hydrogen) atoms. The first-order valence-electron chi connectivity index (χ1n) is 8.53. The summed E-state index contributed by atoms with van der Waals surface area (Å²) in [6.45, 7) is 4.88. The Bertz CT molecular complexity index is 942. The number of hydrogen-bond acceptors (Lipinski definition) is 5. The number of ether oxygens (including phenoxy) is 2. The van der Waals surface area contributed by atoms with Gasteiger partial charge in [0.05, 0.1) is 24.5 Å². The molecule has 0 spiro atoms. The van der Waals surface area contributed by atoms with E-state index in [0.717, 1.165) is 5.56 Å². The predicted molar refractivity (Wildman–Crippen MR) is 104 cm³/mol. The summed E-state index contributed by atoms with van der Waals surface area (Å²) in [5, 5.41) is 4.82. The normalized spacial score (nSPS) is 10.5. The van der Waals surface area contributed by atoms with Gasteiger partial charge >= 0.3 is 0 Å². The van der Waals surface area contributed by atoms with Crippen molar-refractivity contribution in [2.45, 2.75) is 13.8 Å². The fourth-order valence-corrected chi connectivity index (χ4v) is 3.22. The average Bonchev–Trinajstić information content (AvgIpc) is 3.12. The summed E-state index contributed by atoms with van der Waals surface area (Å²) in [5.41, 5.74) is 1.39. The minimum Gasteiger partial charge on any atom is -0.494 e. The molecule has 140 valence electrons. The maximum absolute atomic E-state index is 13.8. The quantitative estimate of drug-likeness (QED) is 0.621. The van der Waals surface area contributed by atoms with Crippen LogP contribution in [0.15, 0.2) is 47.8 Å². The predicted octanol–water partition coefficient (Wildman–Crippen LogP) is 5.00. The van der Waals surface area contributed by atoms with Crippen molar-refractivity contribution in [3.63, 3.8) is 0 Å². The number of rotatable bonds is 7. The van der Waals surface area contributed by atoms with E-state index in [2.05, 4.69) is 10.3 Å². The lowest BCUT2D eigenvalue weighted by Gasteiger charge is -2.11. The molecule has 0 bridgehead atoms. The van der Waals surface area contributed by atoms with Crippen LogP contribution in [0.4, 0.5) is 9.52 Å². The molecule has 5 nitrogen and oxygen atoms in total. The van der Waals surface area contributed by atoms with Gasteiger partial charge in [-0.25, -0.2) is 9.37 Å². The van der Waals surface area contributed by atoms with Crippen LogP contribution in [-0.4, -0.2) is 24.1 Å². The number of amides is 1. The highest BCUT2D eigenvalue weighted by molar-refractivity contribution is 7.14. The van der Waals surface area contributed by atoms with Crippen molar-refractivity contribution in [1.82, 2.24) is 4.98 Å². The Balaban J connectivity index is 1.86. The molecule has 0 saturated heterocycles. The number of benzene rings is 2. The van der Waals surface area contributed by atoms with Crippen molar-refractivity contribution in [3.05, 3.63) is 59.2 Å². The van der Waals surface area contributed by atoms with Gasteiger partial charge in [0.1, 0.15) is 17.3 Å². The summed E-state index contributed by atoms with van der Waals surface area (Å²) in [5.74, 6) is 0.274. The van der Waals surface area contributed by atoms with Gasteiger partial charge in [-0.2, -0.15) is 0 Å². The number of carbonyl (C=O) groups excluding carboxylic acids is 1. The molecule has 1 aromatic heterocycles. The highest BCUT2D eigenvalue weighted by atomic mass is 32.1. The number of thiazole rings is 1. The Labute approximate surface area is 160 Å². The third-order valence-corrected chi connectivity index (χ3v) is 4.44. The average molecular weight is 386 g/mol. The fraction of sp³-hybridized carbons (Fsp3) is 0.200. The molecular weight excluding hydrogens is 367 g/mol. The number of halogens is 1. The Morgan fingerprint density at radius 1 is 1.15 bits per heavy atom. The van der Waals surface area contributed by atoms with Crippen LogP contribution in [0, 0.1) is 5.82 Å². The lowest BCUT2D eigenvalue weighted by atomic mass is 10.1. The molecule has 0 saturated carbocycles. The van der Waals surface area contributed by atoms with Gasteiger partial charge in [-0.3, -0.25) is 10.1 Å². The van der Waals surface area contributed by atoms with E-state index in [9.17, 15) is 9.18 Å². The lowest BCUT2D eigenvalue weighted by molar-refractivity contribution is 0.102. The Morgan fingerprint density at radius 3 is 2.67 bits per heavy atom. The first-order valence-corrected chi connectivity index (χ1v) is 9.41. The van der Waals surface area contributed by atoms with Gasteiger partial charge in [0.15, 0.2) is 5.13 Å². The highest BCUT2D eigenvalue weighted by Gasteiger charge is 2.15. The van der Waals surface area contributed by atoms with Crippen LogP contribution < -0.4 is 14.8 Å². The van der Waals surface area contributed by atoms with Crippen LogP contribution in [0.1, 0.15) is 24.2 Å². The van der Waals surface area contributed by atoms with Crippen LogP contribution in [-0.2, 0) is 0 Å². The van der Waals surface area contributed by atoms with Crippen molar-refractivity contribution < 1.29 is 18.7 Å². The van der Waals surface area contributed by atoms with E-state index in [4.69, 9.17) is 9.47 Å². The number of nitrogens with one attached hydrogen (secondary N) is 1. The zero-order valence-electron chi connectivity index (χ0n) is 15.0. The van der Waals surface area contributed by atoms with Crippen LogP contribution in [0.2, 0.25) is 0 Å². The molecule has 2 aromatic carbocycles. The van der Waals surface area contributed by atoms with E-state index >= 15 is 0 Å². The summed E-state index contributed by atoms with van der Waals surface area (Å²) in [6.07, 6.45) is 0. The summed E-state index contributed by atoms with van der Waals surface area (Å²) in [6, 6.07) is 11.3. The molecule has 0 fully saturated rings. The van der Waals surface area contributed by atoms with Gasteiger partial charge in [-0.15, -0.1) is 11.3 Å². The minimum atomic E-state index is -0.574. The van der Waals surface area contributed by atoms with Crippen molar-refractivity contribution >= 4 is 22.4 Å². The summed E-state index contributed by atoms with van der Waals surface area (Å²) < 4.78 is 25.0. The number of anilines is 1. The van der Waals surface area contributed by atoms with Crippen molar-refractivity contribution in [1.29, 1.82) is 0 Å². The molecular formula is C20H19FN2O3S. The maximum Gasteiger partial charge on any atom is 0.260 e. The Kier molecular flexibility index (Phi) is 6.03. The zero-order valence-corrected chi connectivity index (χ0v) is 15.8. The van der Waals surface area contributed by atoms with E-state index < -0.39 is 11.7 Å². The van der Waals surface area contributed by atoms with Crippen molar-refractivity contribution in [2.75, 3.05) is 18.5 Å². The summed E-state index contributed by atoms with van der Waals surface area (Å²) >= 11 is 1.26. The smallest absolute Gasteiger partial charge is 0.260 e. The molecule has 7 heteroatoms. The molecule has 1 heterocycles. The van der Waals surface area contributed by atoms with Crippen LogP contribution in [0.25, 0.3) is 11.3 Å². The standard InChI is InChI=1S/C20H19FN2O3S/c1-3-25-13-9-10-18(26-4-2)15(11-13)17-12-27-20(22-17)23-19(24)14-7-5-6-8-16(14)21/h5-12H,3-4H2,1-2H3,(H,22,23,24). The third kappa shape index (κ3) is 4.43. The lowest BCUT2D eigenvalue weighted by Crippen LogP contribution is -2.13. The molecule has 3 aromatic rings. The van der Waals surface area contributed by atoms with Gasteiger partial charge < -0.3 is 9.47 Å². The topological polar surface area (TPSA) is 60.5 Å². The summed E-state index contributed by atoms with van der Waals surface area (Å²) in [4.78, 5) is 16.7. The molecule has 0 radical (unpaired) electrons. The molecule has 0 aliphatic rings. The first kappa shape index (κ1) is 18.8. The van der Waals surface area contributed by atoms with Crippen LogP contribution >= 0.6 is 11.3 Å². The highest BCUT2D eigenvalue weighted by Crippen LogP contribution is 2.35. The molecule has 3 rings (SSSR count). The molecule has 0 aliphatic heterocycles. The Hall–Kier alpha value is -2.93. The molecule has 0 atom stereocenters. The van der Waals surface area contributed by atoms with E-state index in [0.29, 0.717) is 35.5 Å². The fourth-order valence-electron chi connectivity index (χ4n) is 2.51. The van der Waals surface area contributed by atoms with Crippen molar-refractivity contribution in [3.8, 4) is 22.8 Å². The van der Waals surface area contributed by atoms with Crippen LogP contribution in [0.5, 0.6) is 11.5 Å². The number of nitrogens with zero attached hydrogens (tertiary/aromatic N) is 1. The second-order valence-corrected chi connectivity index (χ2v) is 6.35. The SMILES string of the molecule is CCOc1ccc(OCC)c(-c2csc(NC(=O)c3ccccc3F)n2)c1. The number of hydrogen-bond donors (Lipinski definition) is 1. The number of carbonyl (C=O) groups is 1. The largest absolute Gasteiger partial charge is 0.494 e. The molecule has 0 unspecified atom stereocenters. The molecule has 1 N–H and O–H groups in total. The second kappa shape index (κ2) is 8.64.